The number of carbonyl (C=O) groups is 1. The average molecular weight is 376 g/mol. The Balaban J connectivity index is 1.59. The van der Waals surface area contributed by atoms with Crippen LogP contribution in [-0.4, -0.2) is 45.8 Å². The van der Waals surface area contributed by atoms with Crippen LogP contribution in [0.4, 0.5) is 0 Å². The van der Waals surface area contributed by atoms with Crippen LogP contribution in [-0.2, 0) is 4.79 Å². The first-order valence-corrected chi connectivity index (χ1v) is 8.92. The van der Waals surface area contributed by atoms with Crippen LogP contribution in [0.25, 0.3) is 0 Å². The summed E-state index contributed by atoms with van der Waals surface area (Å²) in [5.74, 6) is 1.01. The molecule has 7 heteroatoms. The predicted molar refractivity (Wildman–Crippen MR) is 98.5 cm³/mol. The van der Waals surface area contributed by atoms with Crippen LogP contribution in [0.3, 0.4) is 0 Å². The molecular weight excluding hydrogens is 354 g/mol. The van der Waals surface area contributed by atoms with E-state index in [1.807, 2.05) is 13.0 Å². The number of rotatable bonds is 5. The van der Waals surface area contributed by atoms with Gasteiger partial charge < -0.3 is 14.4 Å². The van der Waals surface area contributed by atoms with Gasteiger partial charge in [0, 0.05) is 24.1 Å². The summed E-state index contributed by atoms with van der Waals surface area (Å²) >= 11 is 5.89. The number of nitrogens with zero attached hydrogens (tertiary/aromatic N) is 3. The van der Waals surface area contributed by atoms with E-state index >= 15 is 0 Å². The molecule has 0 N–H and O–H groups in total. The Morgan fingerprint density at radius 2 is 1.92 bits per heavy atom. The fourth-order valence-electron chi connectivity index (χ4n) is 2.85. The second-order valence-corrected chi connectivity index (χ2v) is 7.30. The van der Waals surface area contributed by atoms with Crippen LogP contribution >= 0.6 is 11.6 Å². The molecule has 138 valence electrons. The number of hydrogen-bond acceptors (Lipinski definition) is 5. The van der Waals surface area contributed by atoms with Gasteiger partial charge in [0.05, 0.1) is 12.2 Å². The molecule has 1 aliphatic heterocycles. The van der Waals surface area contributed by atoms with Crippen LogP contribution in [0, 0.1) is 6.92 Å². The molecule has 1 aliphatic rings. The molecule has 0 saturated carbocycles. The lowest BCUT2D eigenvalue weighted by Crippen LogP contribution is -2.48. The maximum Gasteiger partial charge on any atom is 0.266 e. The summed E-state index contributed by atoms with van der Waals surface area (Å²) in [6, 6.07) is 10.6. The lowest BCUT2D eigenvalue weighted by molar-refractivity contribution is -0.144. The monoisotopic (exact) mass is 375 g/mol. The molecule has 1 fully saturated rings. The van der Waals surface area contributed by atoms with E-state index in [0.29, 0.717) is 29.7 Å². The van der Waals surface area contributed by atoms with Gasteiger partial charge in [0.2, 0.25) is 5.88 Å². The minimum atomic E-state index is -0.980. The van der Waals surface area contributed by atoms with Crippen molar-refractivity contribution in [3.05, 3.63) is 47.1 Å². The van der Waals surface area contributed by atoms with Crippen molar-refractivity contribution < 1.29 is 14.3 Å². The number of carbonyl (C=O) groups excluding carboxylic acids is 1. The van der Waals surface area contributed by atoms with Gasteiger partial charge in [-0.05, 0) is 51.1 Å². The summed E-state index contributed by atoms with van der Waals surface area (Å²) in [5.41, 5.74) is -0.145. The van der Waals surface area contributed by atoms with Gasteiger partial charge in [-0.25, -0.2) is 0 Å². The van der Waals surface area contributed by atoms with Gasteiger partial charge in [-0.3, -0.25) is 4.79 Å². The highest BCUT2D eigenvalue weighted by Gasteiger charge is 2.38. The molecule has 1 aromatic carbocycles. The minimum Gasteiger partial charge on any atom is -0.478 e. The molecule has 0 radical (unpaired) electrons. The molecule has 6 nitrogen and oxygen atoms in total. The Bertz CT molecular complexity index is 763. The lowest BCUT2D eigenvalue weighted by atomic mass is 10.1. The minimum absolute atomic E-state index is 0.0754. The first kappa shape index (κ1) is 18.5. The number of halogens is 1. The van der Waals surface area contributed by atoms with Gasteiger partial charge in [0.25, 0.3) is 5.91 Å². The topological polar surface area (TPSA) is 64.5 Å². The fourth-order valence-corrected chi connectivity index (χ4v) is 2.98. The highest BCUT2D eigenvalue weighted by molar-refractivity contribution is 6.30. The van der Waals surface area contributed by atoms with Crippen LogP contribution in [0.1, 0.15) is 26.0 Å². The highest BCUT2D eigenvalue weighted by Crippen LogP contribution is 2.25. The quantitative estimate of drug-likeness (QED) is 0.802. The molecular formula is C19H22ClN3O3. The third-order valence-corrected chi connectivity index (χ3v) is 4.45. The van der Waals surface area contributed by atoms with E-state index in [0.717, 1.165) is 12.1 Å². The van der Waals surface area contributed by atoms with Crippen molar-refractivity contribution in [3.8, 4) is 11.6 Å². The zero-order valence-electron chi connectivity index (χ0n) is 15.1. The van der Waals surface area contributed by atoms with Crippen LogP contribution in [0.5, 0.6) is 11.6 Å². The molecule has 1 saturated heterocycles. The molecule has 2 aromatic rings. The van der Waals surface area contributed by atoms with Crippen molar-refractivity contribution in [1.29, 1.82) is 0 Å². The predicted octanol–water partition coefficient (Wildman–Crippen LogP) is 3.28. The van der Waals surface area contributed by atoms with Gasteiger partial charge in [-0.1, -0.05) is 11.6 Å². The SMILES string of the molecule is Cc1ccc(OC2CCN(C(=O)C(C)(C)Oc3ccc(Cl)cc3)C2)nn1. The van der Waals surface area contributed by atoms with Gasteiger partial charge in [0.1, 0.15) is 11.9 Å². The van der Waals surface area contributed by atoms with Gasteiger partial charge in [-0.2, -0.15) is 5.10 Å². The maximum absolute atomic E-state index is 12.9. The summed E-state index contributed by atoms with van der Waals surface area (Å²) in [4.78, 5) is 14.6. The van der Waals surface area contributed by atoms with E-state index in [-0.39, 0.29) is 12.0 Å². The molecule has 2 heterocycles. The molecule has 3 rings (SSSR count). The lowest BCUT2D eigenvalue weighted by Gasteiger charge is -2.30. The number of hydrogen-bond donors (Lipinski definition) is 0. The van der Waals surface area contributed by atoms with Crippen LogP contribution in [0.15, 0.2) is 36.4 Å². The molecule has 0 bridgehead atoms. The van der Waals surface area contributed by atoms with E-state index in [4.69, 9.17) is 21.1 Å². The summed E-state index contributed by atoms with van der Waals surface area (Å²) in [6.07, 6.45) is 0.653. The highest BCUT2D eigenvalue weighted by atomic mass is 35.5. The third kappa shape index (κ3) is 4.43. The van der Waals surface area contributed by atoms with Crippen molar-refractivity contribution in [3.63, 3.8) is 0 Å². The van der Waals surface area contributed by atoms with E-state index in [1.165, 1.54) is 0 Å². The first-order valence-electron chi connectivity index (χ1n) is 8.54. The fraction of sp³-hybridized carbons (Fsp3) is 0.421. The maximum atomic E-state index is 12.9. The third-order valence-electron chi connectivity index (χ3n) is 4.19. The molecule has 26 heavy (non-hydrogen) atoms. The van der Waals surface area contributed by atoms with E-state index in [2.05, 4.69) is 10.2 Å². The van der Waals surface area contributed by atoms with Crippen LogP contribution in [0.2, 0.25) is 5.02 Å². The van der Waals surface area contributed by atoms with Crippen LogP contribution < -0.4 is 9.47 Å². The normalized spacial score (nSPS) is 17.2. The molecule has 1 atom stereocenters. The molecule has 1 aromatic heterocycles. The largest absolute Gasteiger partial charge is 0.478 e. The smallest absolute Gasteiger partial charge is 0.266 e. The van der Waals surface area contributed by atoms with Crippen molar-refractivity contribution >= 4 is 17.5 Å². The number of amides is 1. The number of ether oxygens (including phenoxy) is 2. The van der Waals surface area contributed by atoms with Gasteiger partial charge in [0.15, 0.2) is 5.60 Å². The zero-order valence-corrected chi connectivity index (χ0v) is 15.9. The number of aryl methyl sites for hydroxylation is 1. The van der Waals surface area contributed by atoms with Crippen molar-refractivity contribution in [1.82, 2.24) is 15.1 Å². The molecule has 0 aliphatic carbocycles. The Hall–Kier alpha value is -2.34. The average Bonchev–Trinajstić information content (AvgIpc) is 3.06. The Morgan fingerprint density at radius 3 is 2.58 bits per heavy atom. The van der Waals surface area contributed by atoms with Crippen molar-refractivity contribution in [2.45, 2.75) is 38.9 Å². The Labute approximate surface area is 158 Å². The Kier molecular flexibility index (Phi) is 5.32. The summed E-state index contributed by atoms with van der Waals surface area (Å²) < 4.78 is 11.7. The second kappa shape index (κ2) is 7.50. The standard InChI is InChI=1S/C19H22ClN3O3/c1-13-4-9-17(22-21-13)25-16-10-11-23(12-16)18(24)19(2,3)26-15-7-5-14(20)6-8-15/h4-9,16H,10-12H2,1-3H3. The number of likely N-dealkylation sites (tertiary alicyclic amines) is 1. The number of benzene rings is 1. The summed E-state index contributed by atoms with van der Waals surface area (Å²) in [5, 5.41) is 8.62. The molecule has 0 spiro atoms. The van der Waals surface area contributed by atoms with E-state index in [9.17, 15) is 4.79 Å². The zero-order chi connectivity index (χ0) is 18.7. The second-order valence-electron chi connectivity index (χ2n) is 6.86. The number of aromatic nitrogens is 2. The summed E-state index contributed by atoms with van der Waals surface area (Å²) in [6.45, 7) is 6.53. The van der Waals surface area contributed by atoms with Crippen molar-refractivity contribution in [2.24, 2.45) is 0 Å². The molecule has 1 unspecified atom stereocenters. The Morgan fingerprint density at radius 1 is 1.19 bits per heavy atom. The molecule has 1 amide bonds. The van der Waals surface area contributed by atoms with Gasteiger partial charge in [-0.15, -0.1) is 5.10 Å². The first-order chi connectivity index (χ1) is 12.3. The van der Waals surface area contributed by atoms with E-state index < -0.39 is 5.60 Å². The van der Waals surface area contributed by atoms with Gasteiger partial charge >= 0.3 is 0 Å². The summed E-state index contributed by atoms with van der Waals surface area (Å²) in [7, 11) is 0. The van der Waals surface area contributed by atoms with E-state index in [1.54, 1.807) is 49.1 Å². The van der Waals surface area contributed by atoms with Crippen molar-refractivity contribution in [2.75, 3.05) is 13.1 Å².